The normalized spacial score (nSPS) is 15.3. The van der Waals surface area contributed by atoms with Crippen LogP contribution in [0.25, 0.3) is 5.57 Å². The number of amides is 3. The number of halogens is 1. The number of carbonyl (C=O) groups excluding carboxylic acids is 3. The van der Waals surface area contributed by atoms with E-state index >= 15 is 0 Å². The Morgan fingerprint density at radius 3 is 2.30 bits per heavy atom. The lowest BCUT2D eigenvalue weighted by Crippen LogP contribution is -2.34. The molecule has 0 saturated carbocycles. The first kappa shape index (κ1) is 20.6. The van der Waals surface area contributed by atoms with E-state index in [9.17, 15) is 18.8 Å². The number of fused-ring (bicyclic) bond motifs is 1. The summed E-state index contributed by atoms with van der Waals surface area (Å²) < 4.78 is 13.5. The van der Waals surface area contributed by atoms with Gasteiger partial charge < -0.3 is 10.2 Å². The topological polar surface area (TPSA) is 69.7 Å². The molecule has 1 N–H and O–H groups in total. The zero-order valence-electron chi connectivity index (χ0n) is 17.8. The number of carbonyl (C=O) groups is 3. The van der Waals surface area contributed by atoms with E-state index < -0.39 is 17.6 Å². The van der Waals surface area contributed by atoms with Crippen LogP contribution in [0.15, 0.2) is 78.5 Å². The van der Waals surface area contributed by atoms with Gasteiger partial charge >= 0.3 is 0 Å². The number of hydrogen-bond acceptors (Lipinski definition) is 4. The van der Waals surface area contributed by atoms with Crippen LogP contribution in [0.2, 0.25) is 0 Å². The standard InChI is InChI=1S/C26H20FN3O3/c1-16(31)28-20-10-6-18(7-11-20)23-24(29-15-14-17-4-2-3-5-22(17)29)26(33)30(25(23)32)21-12-8-19(27)9-13-21/h2-13H,14-15H2,1H3,(H,28,31). The van der Waals surface area contributed by atoms with Gasteiger partial charge in [-0.15, -0.1) is 0 Å². The van der Waals surface area contributed by atoms with Gasteiger partial charge in [-0.3, -0.25) is 14.4 Å². The molecule has 0 fully saturated rings. The number of para-hydroxylation sites is 1. The molecule has 0 spiro atoms. The van der Waals surface area contributed by atoms with Gasteiger partial charge in [0.25, 0.3) is 11.8 Å². The second kappa shape index (κ2) is 8.02. The Labute approximate surface area is 189 Å². The SMILES string of the molecule is CC(=O)Nc1ccc(C2=C(N3CCc4ccccc43)C(=O)N(c3ccc(F)cc3)C2=O)cc1. The molecule has 0 bridgehead atoms. The average molecular weight is 441 g/mol. The van der Waals surface area contributed by atoms with Crippen LogP contribution < -0.4 is 15.1 Å². The first-order chi connectivity index (χ1) is 15.9. The number of nitrogens with zero attached hydrogens (tertiary/aromatic N) is 2. The highest BCUT2D eigenvalue weighted by molar-refractivity contribution is 6.46. The third kappa shape index (κ3) is 3.57. The van der Waals surface area contributed by atoms with Crippen molar-refractivity contribution in [1.29, 1.82) is 0 Å². The predicted octanol–water partition coefficient (Wildman–Crippen LogP) is 4.13. The molecule has 0 radical (unpaired) electrons. The minimum atomic E-state index is -0.474. The fourth-order valence-corrected chi connectivity index (χ4v) is 4.35. The molecule has 0 aliphatic carbocycles. The molecule has 0 saturated heterocycles. The van der Waals surface area contributed by atoms with Crippen molar-refractivity contribution in [1.82, 2.24) is 0 Å². The van der Waals surface area contributed by atoms with Crippen LogP contribution in [0.3, 0.4) is 0 Å². The molecule has 0 unspecified atom stereocenters. The zero-order chi connectivity index (χ0) is 23.1. The monoisotopic (exact) mass is 441 g/mol. The maximum absolute atomic E-state index is 13.6. The van der Waals surface area contributed by atoms with E-state index in [0.717, 1.165) is 22.6 Å². The van der Waals surface area contributed by atoms with E-state index in [0.29, 0.717) is 29.2 Å². The van der Waals surface area contributed by atoms with Crippen LogP contribution in [0.1, 0.15) is 18.1 Å². The number of hydrogen-bond donors (Lipinski definition) is 1. The third-order valence-corrected chi connectivity index (χ3v) is 5.80. The summed E-state index contributed by atoms with van der Waals surface area (Å²) in [7, 11) is 0. The van der Waals surface area contributed by atoms with Crippen LogP contribution in [0, 0.1) is 5.82 Å². The molecule has 7 heteroatoms. The first-order valence-electron chi connectivity index (χ1n) is 10.6. The summed E-state index contributed by atoms with van der Waals surface area (Å²) in [5, 5.41) is 2.70. The summed E-state index contributed by atoms with van der Waals surface area (Å²) in [5.74, 6) is -1.58. The summed E-state index contributed by atoms with van der Waals surface area (Å²) in [6.07, 6.45) is 0.756. The van der Waals surface area contributed by atoms with Gasteiger partial charge in [-0.05, 0) is 60.0 Å². The molecule has 3 amide bonds. The molecule has 5 rings (SSSR count). The molecule has 2 aliphatic rings. The molecular formula is C26H20FN3O3. The Bertz CT molecular complexity index is 1310. The Morgan fingerprint density at radius 1 is 0.909 bits per heavy atom. The van der Waals surface area contributed by atoms with Crippen molar-refractivity contribution in [3.8, 4) is 0 Å². The summed E-state index contributed by atoms with van der Waals surface area (Å²) in [4.78, 5) is 41.6. The summed E-state index contributed by atoms with van der Waals surface area (Å²) in [6, 6.07) is 19.9. The summed E-state index contributed by atoms with van der Waals surface area (Å²) in [5.41, 5.74) is 4.02. The van der Waals surface area contributed by atoms with Gasteiger partial charge in [-0.2, -0.15) is 0 Å². The number of rotatable bonds is 4. The molecule has 164 valence electrons. The van der Waals surface area contributed by atoms with Crippen LogP contribution in [0.4, 0.5) is 21.5 Å². The fourth-order valence-electron chi connectivity index (χ4n) is 4.35. The zero-order valence-corrected chi connectivity index (χ0v) is 17.8. The van der Waals surface area contributed by atoms with Gasteiger partial charge in [-0.25, -0.2) is 9.29 Å². The van der Waals surface area contributed by atoms with Crippen molar-refractivity contribution >= 4 is 40.4 Å². The molecule has 2 heterocycles. The van der Waals surface area contributed by atoms with Crippen molar-refractivity contribution < 1.29 is 18.8 Å². The van der Waals surface area contributed by atoms with E-state index in [1.54, 1.807) is 24.3 Å². The lowest BCUT2D eigenvalue weighted by Gasteiger charge is -2.21. The van der Waals surface area contributed by atoms with Crippen molar-refractivity contribution in [2.45, 2.75) is 13.3 Å². The first-order valence-corrected chi connectivity index (χ1v) is 10.6. The minimum absolute atomic E-state index is 0.203. The maximum atomic E-state index is 13.6. The minimum Gasteiger partial charge on any atom is -0.336 e. The smallest absolute Gasteiger partial charge is 0.282 e. The van der Waals surface area contributed by atoms with Gasteiger partial charge in [0.15, 0.2) is 0 Å². The van der Waals surface area contributed by atoms with E-state index in [1.807, 2.05) is 29.2 Å². The summed E-state index contributed by atoms with van der Waals surface area (Å²) >= 11 is 0. The Balaban J connectivity index is 1.63. The highest BCUT2D eigenvalue weighted by atomic mass is 19.1. The van der Waals surface area contributed by atoms with Gasteiger partial charge in [0.1, 0.15) is 11.5 Å². The number of imide groups is 1. The van der Waals surface area contributed by atoms with Gasteiger partial charge in [-0.1, -0.05) is 30.3 Å². The lowest BCUT2D eigenvalue weighted by molar-refractivity contribution is -0.120. The number of nitrogens with one attached hydrogen (secondary N) is 1. The van der Waals surface area contributed by atoms with E-state index in [4.69, 9.17) is 0 Å². The second-order valence-electron chi connectivity index (χ2n) is 7.93. The molecule has 3 aromatic rings. The van der Waals surface area contributed by atoms with E-state index in [2.05, 4.69) is 5.32 Å². The molecule has 33 heavy (non-hydrogen) atoms. The van der Waals surface area contributed by atoms with E-state index in [1.165, 1.54) is 31.2 Å². The quantitative estimate of drug-likeness (QED) is 0.618. The van der Waals surface area contributed by atoms with Gasteiger partial charge in [0.05, 0.1) is 11.3 Å². The van der Waals surface area contributed by atoms with E-state index in [-0.39, 0.29) is 11.5 Å². The van der Waals surface area contributed by atoms with Crippen LogP contribution in [-0.4, -0.2) is 24.3 Å². The van der Waals surface area contributed by atoms with Crippen molar-refractivity contribution in [3.63, 3.8) is 0 Å². The molecule has 2 aliphatic heterocycles. The third-order valence-electron chi connectivity index (χ3n) is 5.80. The average Bonchev–Trinajstić information content (AvgIpc) is 3.33. The molecular weight excluding hydrogens is 421 g/mol. The lowest BCUT2D eigenvalue weighted by atomic mass is 10.0. The Hall–Kier alpha value is -4.26. The van der Waals surface area contributed by atoms with Crippen LogP contribution in [-0.2, 0) is 20.8 Å². The maximum Gasteiger partial charge on any atom is 0.282 e. The van der Waals surface area contributed by atoms with Crippen LogP contribution >= 0.6 is 0 Å². The largest absolute Gasteiger partial charge is 0.336 e. The molecule has 6 nitrogen and oxygen atoms in total. The van der Waals surface area contributed by atoms with Gasteiger partial charge in [0, 0.05) is 24.8 Å². The van der Waals surface area contributed by atoms with Crippen LogP contribution in [0.5, 0.6) is 0 Å². The molecule has 3 aromatic carbocycles. The Morgan fingerprint density at radius 2 is 1.61 bits per heavy atom. The highest BCUT2D eigenvalue weighted by Gasteiger charge is 2.44. The molecule has 0 atom stereocenters. The number of benzene rings is 3. The summed E-state index contributed by atoms with van der Waals surface area (Å²) in [6.45, 7) is 1.98. The van der Waals surface area contributed by atoms with Crippen molar-refractivity contribution in [2.75, 3.05) is 21.7 Å². The Kier molecular flexibility index (Phi) is 5.01. The van der Waals surface area contributed by atoms with Gasteiger partial charge in [0.2, 0.25) is 5.91 Å². The fraction of sp³-hybridized carbons (Fsp3) is 0.115. The van der Waals surface area contributed by atoms with Crippen molar-refractivity contribution in [2.24, 2.45) is 0 Å². The predicted molar refractivity (Wildman–Crippen MR) is 124 cm³/mol. The highest BCUT2D eigenvalue weighted by Crippen LogP contribution is 2.40. The van der Waals surface area contributed by atoms with Crippen molar-refractivity contribution in [3.05, 3.63) is 95.4 Å². The molecule has 0 aromatic heterocycles. The second-order valence-corrected chi connectivity index (χ2v) is 7.93. The number of anilines is 3.